The van der Waals surface area contributed by atoms with Gasteiger partial charge in [0.15, 0.2) is 0 Å². The highest BCUT2D eigenvalue weighted by atomic mass is 15.1. The van der Waals surface area contributed by atoms with E-state index in [9.17, 15) is 0 Å². The molecule has 142 valence electrons. The number of unbranched alkanes of at least 4 members (excludes halogenated alkanes) is 10. The summed E-state index contributed by atoms with van der Waals surface area (Å²) in [6.45, 7) is 0.714. The van der Waals surface area contributed by atoms with Crippen molar-refractivity contribution < 1.29 is 0 Å². The summed E-state index contributed by atoms with van der Waals surface area (Å²) < 4.78 is 0. The van der Waals surface area contributed by atoms with Gasteiger partial charge >= 0.3 is 6.71 Å². The van der Waals surface area contributed by atoms with Crippen molar-refractivity contribution in [3.05, 3.63) is 0 Å². The van der Waals surface area contributed by atoms with Crippen LogP contribution in [0.2, 0.25) is 0 Å². The quantitative estimate of drug-likeness (QED) is 0.308. The molecule has 4 nitrogen and oxygen atoms in total. The van der Waals surface area contributed by atoms with Crippen molar-refractivity contribution in [1.29, 1.82) is 10.5 Å². The van der Waals surface area contributed by atoms with E-state index in [4.69, 9.17) is 10.5 Å². The third kappa shape index (κ3) is 13.9. The van der Waals surface area contributed by atoms with Crippen molar-refractivity contribution in [2.45, 2.75) is 83.0 Å². The molecule has 0 bridgehead atoms. The molecule has 0 heterocycles. The Bertz CT molecular complexity index is 370. The summed E-state index contributed by atoms with van der Waals surface area (Å²) in [5.74, 6) is 4.33. The van der Waals surface area contributed by atoms with E-state index < -0.39 is 6.71 Å². The van der Waals surface area contributed by atoms with Gasteiger partial charge in [0, 0.05) is 17.9 Å². The van der Waals surface area contributed by atoms with Gasteiger partial charge in [0.1, 0.15) is 0 Å². The van der Waals surface area contributed by atoms with Crippen LogP contribution in [0.5, 0.6) is 0 Å². The topological polar surface area (TPSA) is 54.1 Å². The van der Waals surface area contributed by atoms with E-state index in [1.165, 1.54) is 70.8 Å². The molecule has 1 atom stereocenters. The van der Waals surface area contributed by atoms with Crippen molar-refractivity contribution in [2.75, 3.05) is 34.7 Å². The van der Waals surface area contributed by atoms with Crippen LogP contribution in [0, 0.1) is 22.5 Å². The normalized spacial score (nSPS) is 12.2. The largest absolute Gasteiger partial charge is 0.403 e. The number of rotatable bonds is 16. The second kappa shape index (κ2) is 16.4. The van der Waals surface area contributed by atoms with Crippen LogP contribution in [-0.2, 0) is 0 Å². The number of nitrogens with zero attached hydrogens (tertiary/aromatic N) is 4. The molecule has 5 heteroatoms. The highest BCUT2D eigenvalue weighted by Crippen LogP contribution is 2.14. The van der Waals surface area contributed by atoms with Gasteiger partial charge in [0.25, 0.3) is 0 Å². The first-order valence-electron chi connectivity index (χ1n) is 10.1. The Hall–Kier alpha value is -1.04. The molecular formula is C20H39BN4. The summed E-state index contributed by atoms with van der Waals surface area (Å²) in [4.78, 5) is 4.29. The van der Waals surface area contributed by atoms with Crippen molar-refractivity contribution in [3.8, 4) is 11.9 Å². The molecular weight excluding hydrogens is 307 g/mol. The maximum atomic E-state index is 9.06. The molecule has 0 spiro atoms. The van der Waals surface area contributed by atoms with E-state index in [0.29, 0.717) is 0 Å². The van der Waals surface area contributed by atoms with Crippen LogP contribution >= 0.6 is 0 Å². The summed E-state index contributed by atoms with van der Waals surface area (Å²) in [7, 11) is 8.22. The van der Waals surface area contributed by atoms with Crippen LogP contribution in [0.15, 0.2) is 0 Å². The minimum absolute atomic E-state index is 0.0718. The first kappa shape index (κ1) is 24.0. The van der Waals surface area contributed by atoms with Gasteiger partial charge in [-0.05, 0) is 47.6 Å². The Kier molecular flexibility index (Phi) is 15.8. The summed E-state index contributed by atoms with van der Waals surface area (Å²) >= 11 is 0. The molecule has 0 radical (unpaired) electrons. The van der Waals surface area contributed by atoms with E-state index in [1.807, 2.05) is 19.0 Å². The molecule has 0 aromatic rings. The predicted octanol–water partition coefficient (Wildman–Crippen LogP) is 4.32. The highest BCUT2D eigenvalue weighted by Gasteiger charge is 2.27. The Morgan fingerprint density at radius 1 is 0.680 bits per heavy atom. The predicted molar refractivity (Wildman–Crippen MR) is 108 cm³/mol. The molecule has 1 unspecified atom stereocenters. The van der Waals surface area contributed by atoms with Gasteiger partial charge in [-0.3, -0.25) is 0 Å². The number of hydrogen-bond donors (Lipinski definition) is 0. The zero-order chi connectivity index (χ0) is 18.9. The SMILES string of the molecule is CN(C)CCCCCCCCCCCCCC(B(C#N)C#N)N(C)C. The Morgan fingerprint density at radius 2 is 1.08 bits per heavy atom. The lowest BCUT2D eigenvalue weighted by Gasteiger charge is -2.23. The zero-order valence-corrected chi connectivity index (χ0v) is 17.1. The van der Waals surface area contributed by atoms with E-state index in [1.54, 1.807) is 0 Å². The van der Waals surface area contributed by atoms with Gasteiger partial charge in [-0.25, -0.2) is 10.5 Å². The highest BCUT2D eigenvalue weighted by molar-refractivity contribution is 6.75. The van der Waals surface area contributed by atoms with Crippen LogP contribution in [0.4, 0.5) is 0 Å². The van der Waals surface area contributed by atoms with Gasteiger partial charge in [-0.15, -0.1) is 0 Å². The fourth-order valence-electron chi connectivity index (χ4n) is 3.30. The maximum absolute atomic E-state index is 9.06. The number of nitriles is 2. The molecule has 0 aromatic carbocycles. The average molecular weight is 346 g/mol. The summed E-state index contributed by atoms with van der Waals surface area (Å²) in [6.07, 6.45) is 15.5. The standard InChI is InChI=1S/C20H39BN4/c1-24(2)17-15-13-11-9-7-5-6-8-10-12-14-16-20(25(3)4)21(18-22)19-23/h20H,5-17H2,1-4H3. The van der Waals surface area contributed by atoms with Crippen LogP contribution in [0.3, 0.4) is 0 Å². The lowest BCUT2D eigenvalue weighted by atomic mass is 9.46. The smallest absolute Gasteiger partial charge is 0.311 e. The fraction of sp³-hybridized carbons (Fsp3) is 0.900. The van der Waals surface area contributed by atoms with Gasteiger partial charge in [0.2, 0.25) is 0 Å². The molecule has 0 aromatic heterocycles. The van der Waals surface area contributed by atoms with Crippen LogP contribution in [0.25, 0.3) is 0 Å². The van der Waals surface area contributed by atoms with Crippen LogP contribution < -0.4 is 0 Å². The minimum Gasteiger partial charge on any atom is -0.311 e. The first-order valence-corrected chi connectivity index (χ1v) is 10.1. The van der Waals surface area contributed by atoms with Crippen molar-refractivity contribution >= 4 is 6.71 Å². The van der Waals surface area contributed by atoms with Gasteiger partial charge in [-0.1, -0.05) is 64.2 Å². The number of hydrogen-bond acceptors (Lipinski definition) is 4. The van der Waals surface area contributed by atoms with Gasteiger partial charge in [-0.2, -0.15) is 0 Å². The second-order valence-electron chi connectivity index (χ2n) is 7.75. The molecule has 0 saturated heterocycles. The van der Waals surface area contributed by atoms with E-state index >= 15 is 0 Å². The lowest BCUT2D eigenvalue weighted by Crippen LogP contribution is -2.41. The summed E-state index contributed by atoms with van der Waals surface area (Å²) in [5, 5.41) is 18.1. The Labute approximate surface area is 157 Å². The first-order chi connectivity index (χ1) is 12.0. The van der Waals surface area contributed by atoms with Crippen LogP contribution in [0.1, 0.15) is 77.0 Å². The molecule has 0 N–H and O–H groups in total. The Morgan fingerprint density at radius 3 is 1.44 bits per heavy atom. The molecule has 0 aliphatic carbocycles. The minimum atomic E-state index is -0.507. The zero-order valence-electron chi connectivity index (χ0n) is 17.1. The van der Waals surface area contributed by atoms with Crippen molar-refractivity contribution in [3.63, 3.8) is 0 Å². The molecule has 0 aliphatic rings. The fourth-order valence-corrected chi connectivity index (χ4v) is 3.30. The third-order valence-electron chi connectivity index (χ3n) is 4.93. The lowest BCUT2D eigenvalue weighted by molar-refractivity contribution is 0.345. The van der Waals surface area contributed by atoms with Gasteiger partial charge in [0.05, 0.1) is 0 Å². The molecule has 0 saturated carbocycles. The maximum Gasteiger partial charge on any atom is 0.403 e. The van der Waals surface area contributed by atoms with Crippen molar-refractivity contribution in [1.82, 2.24) is 9.80 Å². The second-order valence-corrected chi connectivity index (χ2v) is 7.75. The van der Waals surface area contributed by atoms with Gasteiger partial charge < -0.3 is 9.80 Å². The van der Waals surface area contributed by atoms with E-state index in [-0.39, 0.29) is 5.94 Å². The van der Waals surface area contributed by atoms with Crippen LogP contribution in [-0.4, -0.2) is 57.2 Å². The summed E-state index contributed by atoms with van der Waals surface area (Å²) in [5.41, 5.74) is 0. The molecule has 0 amide bonds. The molecule has 0 fully saturated rings. The average Bonchev–Trinajstić information content (AvgIpc) is 2.57. The monoisotopic (exact) mass is 346 g/mol. The molecule has 25 heavy (non-hydrogen) atoms. The summed E-state index contributed by atoms with van der Waals surface area (Å²) in [6, 6.07) is 0. The molecule has 0 aliphatic heterocycles. The van der Waals surface area contributed by atoms with E-state index in [0.717, 1.165) is 12.8 Å². The molecule has 0 rings (SSSR count). The third-order valence-corrected chi connectivity index (χ3v) is 4.93. The Balaban J connectivity index is 3.46. The van der Waals surface area contributed by atoms with E-state index in [2.05, 4.69) is 30.9 Å². The van der Waals surface area contributed by atoms with Crippen molar-refractivity contribution in [2.24, 2.45) is 0 Å².